The van der Waals surface area contributed by atoms with E-state index in [0.29, 0.717) is 23.2 Å². The minimum Gasteiger partial charge on any atom is -0.481 e. The third-order valence-corrected chi connectivity index (χ3v) is 7.21. The Labute approximate surface area is 137 Å². The van der Waals surface area contributed by atoms with Gasteiger partial charge in [0.05, 0.1) is 0 Å². The van der Waals surface area contributed by atoms with E-state index in [1.807, 2.05) is 0 Å². The summed E-state index contributed by atoms with van der Waals surface area (Å²) in [5, 5.41) is 8.98. The van der Waals surface area contributed by atoms with E-state index in [-0.39, 0.29) is 0 Å². The van der Waals surface area contributed by atoms with E-state index in [1.165, 1.54) is 38.5 Å². The molecule has 2 aliphatic rings. The number of aliphatic carboxylic acids is 1. The lowest BCUT2D eigenvalue weighted by molar-refractivity contribution is -0.138. The van der Waals surface area contributed by atoms with Crippen LogP contribution in [-0.2, 0) is 4.79 Å². The molecule has 2 nitrogen and oxygen atoms in total. The van der Waals surface area contributed by atoms with Crippen molar-refractivity contribution in [2.45, 2.75) is 86.0 Å². The fourth-order valence-electron chi connectivity index (χ4n) is 6.09. The first-order valence-corrected chi connectivity index (χ1v) is 9.38. The van der Waals surface area contributed by atoms with Gasteiger partial charge in [0.15, 0.2) is 0 Å². The summed E-state index contributed by atoms with van der Waals surface area (Å²) < 4.78 is 0. The molecule has 0 aromatic heterocycles. The van der Waals surface area contributed by atoms with Gasteiger partial charge < -0.3 is 5.11 Å². The molecule has 5 unspecified atom stereocenters. The number of hydrogen-bond acceptors (Lipinski definition) is 1. The second-order valence-electron chi connectivity index (χ2n) is 9.34. The van der Waals surface area contributed by atoms with E-state index in [2.05, 4.69) is 34.6 Å². The van der Waals surface area contributed by atoms with Crippen LogP contribution in [0.3, 0.4) is 0 Å². The lowest BCUT2D eigenvalue weighted by Crippen LogP contribution is -2.51. The molecule has 0 heterocycles. The van der Waals surface area contributed by atoms with E-state index >= 15 is 0 Å². The third-order valence-electron chi connectivity index (χ3n) is 7.21. The predicted molar refractivity (Wildman–Crippen MR) is 91.8 cm³/mol. The van der Waals surface area contributed by atoms with E-state index in [4.69, 9.17) is 5.11 Å². The van der Waals surface area contributed by atoms with Crippen molar-refractivity contribution >= 4 is 5.97 Å². The van der Waals surface area contributed by atoms with Crippen molar-refractivity contribution in [3.05, 3.63) is 0 Å². The van der Waals surface area contributed by atoms with Crippen LogP contribution < -0.4 is 0 Å². The zero-order valence-corrected chi connectivity index (χ0v) is 15.3. The summed E-state index contributed by atoms with van der Waals surface area (Å²) >= 11 is 0. The summed E-state index contributed by atoms with van der Waals surface area (Å²) in [6.45, 7) is 12.1. The minimum absolute atomic E-state index is 0.310. The Morgan fingerprint density at radius 1 is 1.23 bits per heavy atom. The van der Waals surface area contributed by atoms with Crippen molar-refractivity contribution in [2.75, 3.05) is 0 Å². The molecule has 0 spiro atoms. The Balaban J connectivity index is 2.09. The number of carboxylic acids is 1. The molecule has 2 heteroatoms. The van der Waals surface area contributed by atoms with Crippen LogP contribution in [0.4, 0.5) is 0 Å². The number of rotatable bonds is 5. The third kappa shape index (κ3) is 3.51. The van der Waals surface area contributed by atoms with Crippen LogP contribution in [0.2, 0.25) is 0 Å². The van der Waals surface area contributed by atoms with Crippen LogP contribution in [0.5, 0.6) is 0 Å². The second-order valence-corrected chi connectivity index (χ2v) is 9.34. The van der Waals surface area contributed by atoms with Gasteiger partial charge in [-0.05, 0) is 66.6 Å². The Bertz CT molecular complexity index is 401. The van der Waals surface area contributed by atoms with Crippen molar-refractivity contribution in [3.63, 3.8) is 0 Å². The Morgan fingerprint density at radius 3 is 2.55 bits per heavy atom. The van der Waals surface area contributed by atoms with Crippen LogP contribution in [0.1, 0.15) is 86.0 Å². The topological polar surface area (TPSA) is 37.3 Å². The molecule has 2 aliphatic carbocycles. The van der Waals surface area contributed by atoms with Crippen LogP contribution in [0.25, 0.3) is 0 Å². The highest BCUT2D eigenvalue weighted by molar-refractivity contribution is 5.66. The molecule has 0 aliphatic heterocycles. The maximum absolute atomic E-state index is 10.9. The Morgan fingerprint density at radius 2 is 1.91 bits per heavy atom. The minimum atomic E-state index is -0.646. The summed E-state index contributed by atoms with van der Waals surface area (Å²) in [6, 6.07) is 0. The Hall–Kier alpha value is -0.530. The summed E-state index contributed by atoms with van der Waals surface area (Å²) in [5.41, 5.74) is 0.959. The summed E-state index contributed by atoms with van der Waals surface area (Å²) in [4.78, 5) is 10.9. The first kappa shape index (κ1) is 17.8. The smallest absolute Gasteiger partial charge is 0.303 e. The van der Waals surface area contributed by atoms with Crippen molar-refractivity contribution in [1.82, 2.24) is 0 Å². The number of carboxylic acid groups (broad SMARTS) is 1. The second kappa shape index (κ2) is 6.53. The quantitative estimate of drug-likeness (QED) is 0.701. The molecule has 22 heavy (non-hydrogen) atoms. The highest BCUT2D eigenvalue weighted by atomic mass is 16.4. The largest absolute Gasteiger partial charge is 0.481 e. The van der Waals surface area contributed by atoms with Gasteiger partial charge in [-0.25, -0.2) is 0 Å². The number of carbonyl (C=O) groups is 1. The van der Waals surface area contributed by atoms with Gasteiger partial charge in [0.1, 0.15) is 0 Å². The van der Waals surface area contributed by atoms with Gasteiger partial charge in [-0.1, -0.05) is 47.5 Å². The van der Waals surface area contributed by atoms with Gasteiger partial charge in [-0.2, -0.15) is 0 Å². The lowest BCUT2D eigenvalue weighted by Gasteiger charge is -2.59. The van der Waals surface area contributed by atoms with Gasteiger partial charge in [-0.15, -0.1) is 0 Å². The van der Waals surface area contributed by atoms with Crippen molar-refractivity contribution in [1.29, 1.82) is 0 Å². The lowest BCUT2D eigenvalue weighted by atomic mass is 9.46. The molecule has 0 bridgehead atoms. The zero-order valence-electron chi connectivity index (χ0n) is 15.3. The van der Waals surface area contributed by atoms with Crippen LogP contribution in [-0.4, -0.2) is 11.1 Å². The molecule has 0 aromatic rings. The van der Waals surface area contributed by atoms with Crippen LogP contribution in [0, 0.1) is 34.5 Å². The van der Waals surface area contributed by atoms with E-state index in [0.717, 1.165) is 24.2 Å². The normalized spacial score (nSPS) is 39.0. The predicted octanol–water partition coefficient (Wildman–Crippen LogP) is 5.76. The van der Waals surface area contributed by atoms with Gasteiger partial charge in [0.2, 0.25) is 0 Å². The molecule has 128 valence electrons. The van der Waals surface area contributed by atoms with Crippen LogP contribution >= 0.6 is 0 Å². The van der Waals surface area contributed by atoms with Gasteiger partial charge >= 0.3 is 5.97 Å². The highest BCUT2D eigenvalue weighted by Crippen LogP contribution is 2.62. The molecule has 2 rings (SSSR count). The van der Waals surface area contributed by atoms with E-state index < -0.39 is 5.97 Å². The monoisotopic (exact) mass is 308 g/mol. The van der Waals surface area contributed by atoms with Crippen LogP contribution in [0.15, 0.2) is 0 Å². The molecule has 1 N–H and O–H groups in total. The first-order chi connectivity index (χ1) is 10.2. The molecular weight excluding hydrogens is 272 g/mol. The van der Waals surface area contributed by atoms with Gasteiger partial charge in [0, 0.05) is 6.42 Å². The molecule has 5 atom stereocenters. The maximum Gasteiger partial charge on any atom is 0.303 e. The zero-order chi connectivity index (χ0) is 16.5. The van der Waals surface area contributed by atoms with Crippen molar-refractivity contribution in [3.8, 4) is 0 Å². The molecule has 2 fully saturated rings. The SMILES string of the molecule is CC(CCC1C(C)CCC2C(C)(C)CCCC12C)CC(=O)O. The molecule has 0 aromatic carbocycles. The van der Waals surface area contributed by atoms with E-state index in [1.54, 1.807) is 0 Å². The first-order valence-electron chi connectivity index (χ1n) is 9.38. The highest BCUT2D eigenvalue weighted by Gasteiger charge is 2.53. The average Bonchev–Trinajstić information content (AvgIpc) is 2.35. The van der Waals surface area contributed by atoms with Gasteiger partial charge in [0.25, 0.3) is 0 Å². The van der Waals surface area contributed by atoms with E-state index in [9.17, 15) is 4.79 Å². The van der Waals surface area contributed by atoms with Crippen molar-refractivity contribution in [2.24, 2.45) is 34.5 Å². The average molecular weight is 309 g/mol. The molecular formula is C20H36O2. The summed E-state index contributed by atoms with van der Waals surface area (Å²) in [5.74, 6) is 2.09. The molecule has 0 saturated heterocycles. The molecule has 2 saturated carbocycles. The van der Waals surface area contributed by atoms with Crippen molar-refractivity contribution < 1.29 is 9.90 Å². The summed E-state index contributed by atoms with van der Waals surface area (Å²) in [6.07, 6.45) is 9.50. The molecule has 0 amide bonds. The Kier molecular flexibility index (Phi) is 5.29. The fourth-order valence-corrected chi connectivity index (χ4v) is 6.09. The van der Waals surface area contributed by atoms with Gasteiger partial charge in [-0.3, -0.25) is 4.79 Å². The number of fused-ring (bicyclic) bond motifs is 1. The molecule has 0 radical (unpaired) electrons. The standard InChI is InChI=1S/C20H36O2/c1-14(13-18(21)22)7-9-16-15(2)8-10-17-19(3,4)11-6-12-20(16,17)5/h14-17H,6-13H2,1-5H3,(H,21,22). The number of hydrogen-bond donors (Lipinski definition) is 1. The summed E-state index contributed by atoms with van der Waals surface area (Å²) in [7, 11) is 0. The maximum atomic E-state index is 10.9. The fraction of sp³-hybridized carbons (Fsp3) is 0.950.